The van der Waals surface area contributed by atoms with E-state index >= 15 is 0 Å². The predicted molar refractivity (Wildman–Crippen MR) is 83.2 cm³/mol. The molecule has 0 bridgehead atoms. The number of hydrogen-bond donors (Lipinski definition) is 2. The Morgan fingerprint density at radius 2 is 1.85 bits per heavy atom. The van der Waals surface area contributed by atoms with Crippen molar-refractivity contribution in [1.29, 1.82) is 0 Å². The number of nitrogens with one attached hydrogen (secondary N) is 1. The number of rotatable bonds is 3. The van der Waals surface area contributed by atoms with Gasteiger partial charge in [0.05, 0.1) is 0 Å². The molecule has 0 aromatic heterocycles. The molecule has 3 N–H and O–H groups in total. The van der Waals surface area contributed by atoms with Gasteiger partial charge in [0.15, 0.2) is 0 Å². The molecule has 0 saturated heterocycles. The average molecular weight is 280 g/mol. The number of nitrogens with two attached hydrogens (primary N) is 1. The molecule has 2 aliphatic rings. The Hall–Kier alpha value is -0.570. The lowest BCUT2D eigenvalue weighted by Gasteiger charge is -2.37. The van der Waals surface area contributed by atoms with E-state index in [9.17, 15) is 4.79 Å². The number of hydrogen-bond acceptors (Lipinski definition) is 2. The zero-order chi connectivity index (χ0) is 14.7. The fourth-order valence-corrected chi connectivity index (χ4v) is 4.25. The van der Waals surface area contributed by atoms with E-state index in [0.717, 1.165) is 25.7 Å². The van der Waals surface area contributed by atoms with Gasteiger partial charge in [-0.2, -0.15) is 0 Å². The van der Waals surface area contributed by atoms with E-state index in [1.165, 1.54) is 19.3 Å². The van der Waals surface area contributed by atoms with Crippen LogP contribution in [0.2, 0.25) is 0 Å². The zero-order valence-electron chi connectivity index (χ0n) is 13.4. The normalized spacial score (nSPS) is 38.8. The van der Waals surface area contributed by atoms with Gasteiger partial charge in [-0.25, -0.2) is 0 Å². The van der Waals surface area contributed by atoms with E-state index in [-0.39, 0.29) is 5.92 Å². The average Bonchev–Trinajstić information content (AvgIpc) is 2.38. The highest BCUT2D eigenvalue weighted by atomic mass is 16.2. The molecule has 5 unspecified atom stereocenters. The van der Waals surface area contributed by atoms with Crippen LogP contribution >= 0.6 is 0 Å². The molecule has 0 spiro atoms. The Balaban J connectivity index is 1.92. The minimum absolute atomic E-state index is 0.185. The van der Waals surface area contributed by atoms with E-state index in [4.69, 9.17) is 5.73 Å². The van der Waals surface area contributed by atoms with Crippen LogP contribution in [0.5, 0.6) is 0 Å². The Morgan fingerprint density at radius 3 is 2.50 bits per heavy atom. The first kappa shape index (κ1) is 15.8. The fraction of sp³-hybridized carbons (Fsp3) is 0.941. The van der Waals surface area contributed by atoms with E-state index in [1.54, 1.807) is 0 Å². The summed E-state index contributed by atoms with van der Waals surface area (Å²) in [6, 6.07) is 0.700. The summed E-state index contributed by atoms with van der Waals surface area (Å²) >= 11 is 0. The molecule has 116 valence electrons. The SMILES string of the molecule is CC(C)C1CCCCC1NC(=O)C1CCC(N)CC1C. The van der Waals surface area contributed by atoms with Crippen molar-refractivity contribution in [2.45, 2.75) is 77.8 Å². The number of amides is 1. The lowest BCUT2D eigenvalue weighted by Crippen LogP contribution is -2.48. The lowest BCUT2D eigenvalue weighted by molar-refractivity contribution is -0.129. The van der Waals surface area contributed by atoms with Gasteiger partial charge in [0.2, 0.25) is 5.91 Å². The van der Waals surface area contributed by atoms with Crippen molar-refractivity contribution in [3.63, 3.8) is 0 Å². The van der Waals surface area contributed by atoms with Crippen LogP contribution in [0.25, 0.3) is 0 Å². The minimum Gasteiger partial charge on any atom is -0.353 e. The molecular formula is C17H32N2O. The Labute approximate surface area is 124 Å². The summed E-state index contributed by atoms with van der Waals surface area (Å²) in [6.45, 7) is 6.76. The van der Waals surface area contributed by atoms with Gasteiger partial charge in [0.1, 0.15) is 0 Å². The molecule has 0 aromatic carbocycles. The quantitative estimate of drug-likeness (QED) is 0.834. The maximum Gasteiger partial charge on any atom is 0.223 e. The molecule has 1 amide bonds. The summed E-state index contributed by atoms with van der Waals surface area (Å²) in [5.74, 6) is 2.23. The highest BCUT2D eigenvalue weighted by Gasteiger charge is 2.34. The third-order valence-electron chi connectivity index (χ3n) is 5.55. The molecular weight excluding hydrogens is 248 g/mol. The fourth-order valence-electron chi connectivity index (χ4n) is 4.25. The third-order valence-corrected chi connectivity index (χ3v) is 5.55. The second-order valence-electron chi connectivity index (χ2n) is 7.46. The van der Waals surface area contributed by atoms with Crippen LogP contribution in [0, 0.1) is 23.7 Å². The maximum atomic E-state index is 12.6. The van der Waals surface area contributed by atoms with Crippen LogP contribution in [-0.2, 0) is 4.79 Å². The van der Waals surface area contributed by atoms with Gasteiger partial charge in [-0.3, -0.25) is 4.79 Å². The summed E-state index contributed by atoms with van der Waals surface area (Å²) in [5.41, 5.74) is 6.00. The van der Waals surface area contributed by atoms with Gasteiger partial charge in [-0.1, -0.05) is 33.6 Å². The van der Waals surface area contributed by atoms with Crippen LogP contribution in [0.3, 0.4) is 0 Å². The first-order valence-electron chi connectivity index (χ1n) is 8.55. The molecule has 0 heterocycles. The topological polar surface area (TPSA) is 55.1 Å². The van der Waals surface area contributed by atoms with Crippen LogP contribution in [0.1, 0.15) is 65.7 Å². The van der Waals surface area contributed by atoms with Crippen LogP contribution in [0.4, 0.5) is 0 Å². The van der Waals surface area contributed by atoms with Crippen LogP contribution < -0.4 is 11.1 Å². The maximum absolute atomic E-state index is 12.6. The molecule has 2 fully saturated rings. The van der Waals surface area contributed by atoms with Crippen molar-refractivity contribution in [2.24, 2.45) is 29.4 Å². The summed E-state index contributed by atoms with van der Waals surface area (Å²) < 4.78 is 0. The summed E-state index contributed by atoms with van der Waals surface area (Å²) in [6.07, 6.45) is 7.98. The van der Waals surface area contributed by atoms with Crippen LogP contribution in [0.15, 0.2) is 0 Å². The third kappa shape index (κ3) is 3.75. The number of carbonyl (C=O) groups is 1. The first-order valence-corrected chi connectivity index (χ1v) is 8.55. The predicted octanol–water partition coefficient (Wildman–Crippen LogP) is 3.08. The Kier molecular flexibility index (Phi) is 5.48. The number of carbonyl (C=O) groups excluding carboxylic acids is 1. The minimum atomic E-state index is 0.185. The molecule has 0 aliphatic heterocycles. The van der Waals surface area contributed by atoms with Crippen molar-refractivity contribution in [3.8, 4) is 0 Å². The summed E-state index contributed by atoms with van der Waals surface area (Å²) in [5, 5.41) is 3.39. The van der Waals surface area contributed by atoms with Crippen molar-refractivity contribution in [2.75, 3.05) is 0 Å². The standard InChI is InChI=1S/C17H32N2O/c1-11(2)14-6-4-5-7-16(14)19-17(20)15-9-8-13(18)10-12(15)3/h11-16H,4-10,18H2,1-3H3,(H,19,20). The van der Waals surface area contributed by atoms with E-state index < -0.39 is 0 Å². The monoisotopic (exact) mass is 280 g/mol. The first-order chi connectivity index (χ1) is 9.49. The molecule has 0 radical (unpaired) electrons. The Morgan fingerprint density at radius 1 is 1.15 bits per heavy atom. The molecule has 2 rings (SSSR count). The second-order valence-corrected chi connectivity index (χ2v) is 7.46. The van der Waals surface area contributed by atoms with Gasteiger partial charge in [-0.05, 0) is 49.9 Å². The smallest absolute Gasteiger partial charge is 0.223 e. The molecule has 2 aliphatic carbocycles. The van der Waals surface area contributed by atoms with Crippen LogP contribution in [-0.4, -0.2) is 18.0 Å². The van der Waals surface area contributed by atoms with E-state index in [0.29, 0.717) is 35.7 Å². The molecule has 5 atom stereocenters. The molecule has 2 saturated carbocycles. The Bertz CT molecular complexity index is 329. The summed E-state index contributed by atoms with van der Waals surface area (Å²) in [4.78, 5) is 12.6. The van der Waals surface area contributed by atoms with Crippen molar-refractivity contribution in [3.05, 3.63) is 0 Å². The van der Waals surface area contributed by atoms with Gasteiger partial charge >= 0.3 is 0 Å². The van der Waals surface area contributed by atoms with Gasteiger partial charge < -0.3 is 11.1 Å². The van der Waals surface area contributed by atoms with Gasteiger partial charge in [-0.15, -0.1) is 0 Å². The van der Waals surface area contributed by atoms with Crippen molar-refractivity contribution in [1.82, 2.24) is 5.32 Å². The lowest BCUT2D eigenvalue weighted by atomic mass is 9.75. The van der Waals surface area contributed by atoms with Crippen molar-refractivity contribution < 1.29 is 4.79 Å². The molecule has 20 heavy (non-hydrogen) atoms. The molecule has 3 nitrogen and oxygen atoms in total. The molecule has 0 aromatic rings. The van der Waals surface area contributed by atoms with Gasteiger partial charge in [0.25, 0.3) is 0 Å². The highest BCUT2D eigenvalue weighted by Crippen LogP contribution is 2.33. The second kappa shape index (κ2) is 6.93. The van der Waals surface area contributed by atoms with Crippen molar-refractivity contribution >= 4 is 5.91 Å². The molecule has 3 heteroatoms. The zero-order valence-corrected chi connectivity index (χ0v) is 13.4. The van der Waals surface area contributed by atoms with Gasteiger partial charge in [0, 0.05) is 18.0 Å². The highest BCUT2D eigenvalue weighted by molar-refractivity contribution is 5.79. The van der Waals surface area contributed by atoms with E-state index in [1.807, 2.05) is 0 Å². The largest absolute Gasteiger partial charge is 0.353 e. The van der Waals surface area contributed by atoms with E-state index in [2.05, 4.69) is 26.1 Å². The summed E-state index contributed by atoms with van der Waals surface area (Å²) in [7, 11) is 0.